The van der Waals surface area contributed by atoms with Gasteiger partial charge in [-0.25, -0.2) is 0 Å². The van der Waals surface area contributed by atoms with Crippen LogP contribution in [0.1, 0.15) is 12.8 Å². The molecule has 0 aromatic heterocycles. The van der Waals surface area contributed by atoms with E-state index in [2.05, 4.69) is 0 Å². The molecule has 8 heteroatoms. The first-order valence-electron chi connectivity index (χ1n) is 5.94. The zero-order valence-electron chi connectivity index (χ0n) is 10.1. The van der Waals surface area contributed by atoms with E-state index in [-0.39, 0.29) is 13.2 Å². The van der Waals surface area contributed by atoms with E-state index in [1.54, 1.807) is 0 Å². The molecule has 0 saturated carbocycles. The number of ether oxygens (including phenoxy) is 1. The van der Waals surface area contributed by atoms with Gasteiger partial charge in [-0.3, -0.25) is 9.59 Å². The molecule has 1 amide bonds. The van der Waals surface area contributed by atoms with E-state index in [4.69, 9.17) is 9.84 Å². The standard InChI is InChI=1S/C11H14F3NO4/c12-11(13,14)10(9(17)18)2-3-15(6-10)8(16)7-1-4-19-5-7/h7H,1-6H2,(H,17,18). The maximum atomic E-state index is 12.9. The van der Waals surface area contributed by atoms with Crippen molar-refractivity contribution in [3.05, 3.63) is 0 Å². The molecule has 0 radical (unpaired) electrons. The van der Waals surface area contributed by atoms with Gasteiger partial charge in [0.1, 0.15) is 0 Å². The number of carbonyl (C=O) groups is 2. The molecule has 1 N–H and O–H groups in total. The number of carboxylic acid groups (broad SMARTS) is 1. The van der Waals surface area contributed by atoms with Crippen LogP contribution < -0.4 is 0 Å². The molecule has 2 atom stereocenters. The molecule has 0 bridgehead atoms. The second-order valence-electron chi connectivity index (χ2n) is 4.96. The van der Waals surface area contributed by atoms with Gasteiger partial charge in [-0.1, -0.05) is 0 Å². The third kappa shape index (κ3) is 2.29. The number of likely N-dealkylation sites (tertiary alicyclic amines) is 1. The monoisotopic (exact) mass is 281 g/mol. The van der Waals surface area contributed by atoms with Crippen LogP contribution in [0.3, 0.4) is 0 Å². The molecule has 2 saturated heterocycles. The largest absolute Gasteiger partial charge is 0.481 e. The molecular formula is C11H14F3NO4. The molecule has 2 rings (SSSR count). The first-order valence-corrected chi connectivity index (χ1v) is 5.94. The van der Waals surface area contributed by atoms with Crippen molar-refractivity contribution >= 4 is 11.9 Å². The number of halogens is 3. The Morgan fingerprint density at radius 2 is 2.05 bits per heavy atom. The number of carbonyl (C=O) groups excluding carboxylic acids is 1. The molecule has 2 heterocycles. The van der Waals surface area contributed by atoms with Crippen LogP contribution in [-0.4, -0.2) is 54.4 Å². The molecule has 5 nitrogen and oxygen atoms in total. The molecule has 0 aromatic rings. The van der Waals surface area contributed by atoms with Gasteiger partial charge in [0.05, 0.1) is 12.5 Å². The van der Waals surface area contributed by atoms with Crippen molar-refractivity contribution < 1.29 is 32.6 Å². The summed E-state index contributed by atoms with van der Waals surface area (Å²) in [5.41, 5.74) is -2.83. The Labute approximate surface area is 107 Å². The summed E-state index contributed by atoms with van der Waals surface area (Å²) in [4.78, 5) is 23.9. The summed E-state index contributed by atoms with van der Waals surface area (Å²) in [5, 5.41) is 8.88. The molecule has 2 fully saturated rings. The van der Waals surface area contributed by atoms with Gasteiger partial charge >= 0.3 is 12.1 Å². The predicted molar refractivity (Wildman–Crippen MR) is 56.2 cm³/mol. The number of nitrogens with zero attached hydrogens (tertiary/aromatic N) is 1. The van der Waals surface area contributed by atoms with Crippen LogP contribution >= 0.6 is 0 Å². The van der Waals surface area contributed by atoms with Gasteiger partial charge < -0.3 is 14.7 Å². The van der Waals surface area contributed by atoms with Crippen molar-refractivity contribution in [3.63, 3.8) is 0 Å². The summed E-state index contributed by atoms with van der Waals surface area (Å²) in [6.07, 6.45) is -4.98. The number of rotatable bonds is 2. The topological polar surface area (TPSA) is 66.8 Å². The lowest BCUT2D eigenvalue weighted by molar-refractivity contribution is -0.227. The van der Waals surface area contributed by atoms with Crippen molar-refractivity contribution in [1.29, 1.82) is 0 Å². The Kier molecular flexibility index (Phi) is 3.46. The van der Waals surface area contributed by atoms with Gasteiger partial charge in [-0.15, -0.1) is 0 Å². The first kappa shape index (κ1) is 14.1. The van der Waals surface area contributed by atoms with Gasteiger partial charge in [-0.05, 0) is 12.8 Å². The molecule has 2 aliphatic heterocycles. The summed E-state index contributed by atoms with van der Waals surface area (Å²) < 4.78 is 43.8. The van der Waals surface area contributed by atoms with E-state index in [1.807, 2.05) is 0 Å². The van der Waals surface area contributed by atoms with E-state index >= 15 is 0 Å². The van der Waals surface area contributed by atoms with Crippen LogP contribution in [0.15, 0.2) is 0 Å². The number of hydrogen-bond donors (Lipinski definition) is 1. The van der Waals surface area contributed by atoms with Crippen LogP contribution in [0, 0.1) is 11.3 Å². The van der Waals surface area contributed by atoms with E-state index in [0.29, 0.717) is 13.0 Å². The highest BCUT2D eigenvalue weighted by molar-refractivity contribution is 5.83. The minimum atomic E-state index is -4.86. The highest BCUT2D eigenvalue weighted by Gasteiger charge is 2.64. The minimum Gasteiger partial charge on any atom is -0.481 e. The minimum absolute atomic E-state index is 0.179. The zero-order chi connectivity index (χ0) is 14.3. The van der Waals surface area contributed by atoms with E-state index in [0.717, 1.165) is 4.90 Å². The van der Waals surface area contributed by atoms with E-state index < -0.39 is 42.4 Å². The number of alkyl halides is 3. The number of amides is 1. The SMILES string of the molecule is O=C(C1CCOC1)N1CCC(C(=O)O)(C(F)(F)F)C1. The van der Waals surface area contributed by atoms with Crippen molar-refractivity contribution in [2.24, 2.45) is 11.3 Å². The quantitative estimate of drug-likeness (QED) is 0.816. The second kappa shape index (κ2) is 4.66. The Bertz CT molecular complexity index is 392. The summed E-state index contributed by atoms with van der Waals surface area (Å²) in [5.74, 6) is -2.80. The molecule has 19 heavy (non-hydrogen) atoms. The lowest BCUT2D eigenvalue weighted by atomic mass is 9.86. The fourth-order valence-electron chi connectivity index (χ4n) is 2.51. The van der Waals surface area contributed by atoms with Crippen molar-refractivity contribution in [2.45, 2.75) is 19.0 Å². The first-order chi connectivity index (χ1) is 8.78. The van der Waals surface area contributed by atoms with Crippen LogP contribution in [0.5, 0.6) is 0 Å². The highest BCUT2D eigenvalue weighted by atomic mass is 19.4. The van der Waals surface area contributed by atoms with Gasteiger partial charge in [-0.2, -0.15) is 13.2 Å². The third-order valence-electron chi connectivity index (χ3n) is 3.81. The molecule has 108 valence electrons. The average Bonchev–Trinajstić information content (AvgIpc) is 2.97. The van der Waals surface area contributed by atoms with E-state index in [1.165, 1.54) is 0 Å². The van der Waals surface area contributed by atoms with E-state index in [9.17, 15) is 22.8 Å². The van der Waals surface area contributed by atoms with Gasteiger partial charge in [0.2, 0.25) is 5.91 Å². The summed E-state index contributed by atoms with van der Waals surface area (Å²) >= 11 is 0. The Morgan fingerprint density at radius 3 is 2.47 bits per heavy atom. The fraction of sp³-hybridized carbons (Fsp3) is 0.818. The molecule has 2 aliphatic rings. The highest BCUT2D eigenvalue weighted by Crippen LogP contribution is 2.46. The zero-order valence-corrected chi connectivity index (χ0v) is 10.1. The number of aliphatic carboxylic acids is 1. The average molecular weight is 281 g/mol. The summed E-state index contributed by atoms with van der Waals surface area (Å²) in [7, 11) is 0. The molecule has 0 aromatic carbocycles. The summed E-state index contributed by atoms with van der Waals surface area (Å²) in [6, 6.07) is 0. The molecular weight excluding hydrogens is 267 g/mol. The maximum absolute atomic E-state index is 12.9. The van der Waals surface area contributed by atoms with Crippen LogP contribution in [0.25, 0.3) is 0 Å². The van der Waals surface area contributed by atoms with Gasteiger partial charge in [0.15, 0.2) is 5.41 Å². The number of hydrogen-bond acceptors (Lipinski definition) is 3. The van der Waals surface area contributed by atoms with Crippen molar-refractivity contribution in [3.8, 4) is 0 Å². The lowest BCUT2D eigenvalue weighted by Crippen LogP contribution is -2.48. The third-order valence-corrected chi connectivity index (χ3v) is 3.81. The second-order valence-corrected chi connectivity index (χ2v) is 4.96. The van der Waals surface area contributed by atoms with Crippen LogP contribution in [0.4, 0.5) is 13.2 Å². The number of carboxylic acids is 1. The Morgan fingerprint density at radius 1 is 1.37 bits per heavy atom. The molecule has 0 spiro atoms. The van der Waals surface area contributed by atoms with Crippen molar-refractivity contribution in [1.82, 2.24) is 4.90 Å². The maximum Gasteiger partial charge on any atom is 0.406 e. The lowest BCUT2D eigenvalue weighted by Gasteiger charge is -2.27. The molecule has 0 aliphatic carbocycles. The Balaban J connectivity index is 2.13. The van der Waals surface area contributed by atoms with Gasteiger partial charge in [0.25, 0.3) is 0 Å². The molecule has 2 unspecified atom stereocenters. The smallest absolute Gasteiger partial charge is 0.406 e. The predicted octanol–water partition coefficient (Wildman–Crippen LogP) is 0.889. The van der Waals surface area contributed by atoms with Gasteiger partial charge in [0, 0.05) is 19.7 Å². The fourth-order valence-corrected chi connectivity index (χ4v) is 2.51. The summed E-state index contributed by atoms with van der Waals surface area (Å²) in [6.45, 7) is -0.378. The van der Waals surface area contributed by atoms with Crippen molar-refractivity contribution in [2.75, 3.05) is 26.3 Å². The Hall–Kier alpha value is -1.31. The normalized spacial score (nSPS) is 31.7. The van der Waals surface area contributed by atoms with Crippen LogP contribution in [0.2, 0.25) is 0 Å². The van der Waals surface area contributed by atoms with Crippen LogP contribution in [-0.2, 0) is 14.3 Å².